The van der Waals surface area contributed by atoms with Crippen molar-refractivity contribution >= 4 is 40.9 Å². The number of nitrogens with zero attached hydrogens (tertiary/aromatic N) is 2. The molecule has 0 saturated heterocycles. The Bertz CT molecular complexity index is 598. The van der Waals surface area contributed by atoms with E-state index in [1.165, 1.54) is 5.70 Å². The van der Waals surface area contributed by atoms with Gasteiger partial charge in [-0.2, -0.15) is 0 Å². The number of aromatic hydroxyl groups is 1. The van der Waals surface area contributed by atoms with Gasteiger partial charge in [0.25, 0.3) is 0 Å². The third-order valence-corrected chi connectivity index (χ3v) is 6.29. The molecule has 0 amide bonds. The summed E-state index contributed by atoms with van der Waals surface area (Å²) < 4.78 is 3.04. The Labute approximate surface area is 132 Å². The van der Waals surface area contributed by atoms with Crippen molar-refractivity contribution < 1.29 is 9.67 Å². The maximum Gasteiger partial charge on any atom is 0.385 e. The summed E-state index contributed by atoms with van der Waals surface area (Å²) in [6.45, 7) is 7.98. The highest BCUT2D eigenvalue weighted by molar-refractivity contribution is 8.06. The zero-order valence-electron chi connectivity index (χ0n) is 12.1. The maximum absolute atomic E-state index is 10.2. The summed E-state index contributed by atoms with van der Waals surface area (Å²) in [7, 11) is 0. The van der Waals surface area contributed by atoms with Gasteiger partial charge in [0.1, 0.15) is 5.03 Å². The third kappa shape index (κ3) is 2.93. The molecule has 0 unspecified atom stereocenters. The van der Waals surface area contributed by atoms with Crippen LogP contribution in [0.5, 0.6) is 5.88 Å². The molecule has 1 aliphatic rings. The quantitative estimate of drug-likeness (QED) is 0.516. The van der Waals surface area contributed by atoms with Crippen LogP contribution in [-0.4, -0.2) is 22.8 Å². The second-order valence-corrected chi connectivity index (χ2v) is 7.16. The monoisotopic (exact) mass is 327 g/mol. The molecule has 0 spiro atoms. The summed E-state index contributed by atoms with van der Waals surface area (Å²) in [5, 5.41) is 13.5. The Kier molecular flexibility index (Phi) is 5.27. The van der Waals surface area contributed by atoms with E-state index in [4.69, 9.17) is 0 Å². The number of allylic oxidation sites excluding steroid dienone is 1. The molecule has 0 bridgehead atoms. The van der Waals surface area contributed by atoms with Crippen LogP contribution in [-0.2, 0) is 6.54 Å². The maximum atomic E-state index is 10.2. The van der Waals surface area contributed by atoms with Crippen LogP contribution in [0.15, 0.2) is 26.2 Å². The molecule has 20 heavy (non-hydrogen) atoms. The topological polar surface area (TPSA) is 27.4 Å². The molecule has 0 radical (unpaired) electrons. The van der Waals surface area contributed by atoms with Gasteiger partial charge in [-0.1, -0.05) is 28.8 Å². The van der Waals surface area contributed by atoms with Gasteiger partial charge in [-0.3, -0.25) is 0 Å². The molecule has 6 heteroatoms. The Balaban J connectivity index is 2.35. The van der Waals surface area contributed by atoms with E-state index >= 15 is 0 Å². The first-order valence-electron chi connectivity index (χ1n) is 6.49. The molecule has 2 heterocycles. The van der Waals surface area contributed by atoms with Crippen molar-refractivity contribution in [2.45, 2.75) is 31.7 Å². The molecule has 0 atom stereocenters. The molecule has 2 rings (SSSR count). The molecular formula is C14H19N2OS3+. The standard InChI is InChI=1S/C14H18N2OS3/c1-5-15-10(3)9-19-12(15)8-7-11-13(17)16(6-2)14(18-4)20-11/h7,9H,5-6H2,1-4H3/p+1. The number of thiazole rings is 1. The fourth-order valence-corrected chi connectivity index (χ4v) is 4.81. The first-order valence-corrected chi connectivity index (χ1v) is 9.41. The Morgan fingerprint density at radius 1 is 1.50 bits per heavy atom. The van der Waals surface area contributed by atoms with Crippen LogP contribution in [0.2, 0.25) is 0 Å². The fourth-order valence-electron chi connectivity index (χ4n) is 2.00. The van der Waals surface area contributed by atoms with E-state index in [1.54, 1.807) is 34.9 Å². The Morgan fingerprint density at radius 3 is 2.80 bits per heavy atom. The van der Waals surface area contributed by atoms with Crippen LogP contribution in [0.25, 0.3) is 6.08 Å². The van der Waals surface area contributed by atoms with Gasteiger partial charge in [0.05, 0.1) is 0 Å². The molecule has 0 aliphatic carbocycles. The SMILES string of the molecule is CCN1C(=C=Cc2sc(SC)[n+](CC)c2O)SC=C1C. The normalized spacial score (nSPS) is 14.5. The largest absolute Gasteiger partial charge is 0.459 e. The van der Waals surface area contributed by atoms with Gasteiger partial charge in [0, 0.05) is 18.3 Å². The van der Waals surface area contributed by atoms with Gasteiger partial charge in [-0.15, -0.1) is 4.57 Å². The van der Waals surface area contributed by atoms with Gasteiger partial charge in [-0.05, 0) is 44.2 Å². The lowest BCUT2D eigenvalue weighted by Gasteiger charge is -2.16. The van der Waals surface area contributed by atoms with E-state index in [-0.39, 0.29) is 0 Å². The van der Waals surface area contributed by atoms with Crippen LogP contribution in [0, 0.1) is 0 Å². The van der Waals surface area contributed by atoms with Crippen LogP contribution < -0.4 is 4.57 Å². The van der Waals surface area contributed by atoms with Crippen molar-refractivity contribution in [3.05, 3.63) is 26.7 Å². The summed E-state index contributed by atoms with van der Waals surface area (Å²) in [5.74, 6) is 0.339. The van der Waals surface area contributed by atoms with Crippen molar-refractivity contribution in [2.24, 2.45) is 0 Å². The summed E-state index contributed by atoms with van der Waals surface area (Å²) in [5.41, 5.74) is 4.56. The average Bonchev–Trinajstić information content (AvgIpc) is 2.96. The highest BCUT2D eigenvalue weighted by Gasteiger charge is 2.23. The van der Waals surface area contributed by atoms with E-state index in [0.29, 0.717) is 5.88 Å². The van der Waals surface area contributed by atoms with Gasteiger partial charge >= 0.3 is 10.2 Å². The van der Waals surface area contributed by atoms with Crippen molar-refractivity contribution in [1.82, 2.24) is 4.90 Å². The number of hydrogen-bond acceptors (Lipinski definition) is 5. The zero-order chi connectivity index (χ0) is 14.7. The lowest BCUT2D eigenvalue weighted by molar-refractivity contribution is -0.728. The van der Waals surface area contributed by atoms with Gasteiger partial charge in [0.15, 0.2) is 11.4 Å². The van der Waals surface area contributed by atoms with E-state index in [1.807, 2.05) is 23.8 Å². The predicted molar refractivity (Wildman–Crippen MR) is 88.9 cm³/mol. The summed E-state index contributed by atoms with van der Waals surface area (Å²) in [6.07, 6.45) is 3.92. The van der Waals surface area contributed by atoms with Crippen molar-refractivity contribution in [1.29, 1.82) is 0 Å². The number of aromatic nitrogens is 1. The minimum absolute atomic E-state index is 0.339. The molecule has 0 fully saturated rings. The summed E-state index contributed by atoms with van der Waals surface area (Å²) >= 11 is 4.94. The molecule has 108 valence electrons. The molecule has 1 aliphatic heterocycles. The van der Waals surface area contributed by atoms with Crippen molar-refractivity contribution in [2.75, 3.05) is 12.8 Å². The van der Waals surface area contributed by atoms with Crippen LogP contribution in [0.1, 0.15) is 25.6 Å². The minimum Gasteiger partial charge on any atom is -0.459 e. The Hall–Kier alpha value is -0.810. The summed E-state index contributed by atoms with van der Waals surface area (Å²) in [4.78, 5) is 3.08. The van der Waals surface area contributed by atoms with Gasteiger partial charge in [0.2, 0.25) is 0 Å². The molecule has 1 aromatic heterocycles. The summed E-state index contributed by atoms with van der Waals surface area (Å²) in [6, 6.07) is 0. The van der Waals surface area contributed by atoms with Gasteiger partial charge in [-0.25, -0.2) is 0 Å². The lowest BCUT2D eigenvalue weighted by Crippen LogP contribution is -2.32. The molecule has 1 aromatic rings. The van der Waals surface area contributed by atoms with E-state index in [0.717, 1.165) is 27.3 Å². The predicted octanol–water partition coefficient (Wildman–Crippen LogP) is 3.87. The second kappa shape index (κ2) is 6.76. The van der Waals surface area contributed by atoms with Crippen molar-refractivity contribution in [3.8, 4) is 5.88 Å². The van der Waals surface area contributed by atoms with Crippen LogP contribution >= 0.6 is 34.9 Å². The minimum atomic E-state index is 0.339. The van der Waals surface area contributed by atoms with E-state index in [2.05, 4.69) is 29.9 Å². The second-order valence-electron chi connectivity index (χ2n) is 4.22. The van der Waals surface area contributed by atoms with E-state index in [9.17, 15) is 5.11 Å². The molecule has 0 aromatic carbocycles. The van der Waals surface area contributed by atoms with Gasteiger partial charge < -0.3 is 10.0 Å². The van der Waals surface area contributed by atoms with Crippen LogP contribution in [0.3, 0.4) is 0 Å². The fraction of sp³-hybridized carbons (Fsp3) is 0.429. The lowest BCUT2D eigenvalue weighted by atomic mass is 10.4. The van der Waals surface area contributed by atoms with E-state index < -0.39 is 0 Å². The molecule has 0 saturated carbocycles. The zero-order valence-corrected chi connectivity index (χ0v) is 14.6. The average molecular weight is 328 g/mol. The van der Waals surface area contributed by atoms with Crippen molar-refractivity contribution in [3.63, 3.8) is 0 Å². The molecule has 3 nitrogen and oxygen atoms in total. The highest BCUT2D eigenvalue weighted by Crippen LogP contribution is 2.34. The number of thioether (sulfide) groups is 2. The number of rotatable bonds is 4. The smallest absolute Gasteiger partial charge is 0.385 e. The Morgan fingerprint density at radius 2 is 2.25 bits per heavy atom. The highest BCUT2D eigenvalue weighted by atomic mass is 32.2. The number of hydrogen-bond donors (Lipinski definition) is 1. The van der Waals surface area contributed by atoms with Crippen LogP contribution in [0.4, 0.5) is 0 Å². The molecule has 1 N–H and O–H groups in total. The third-order valence-electron chi connectivity index (χ3n) is 3.04. The first-order chi connectivity index (χ1) is 9.62. The molecular weight excluding hydrogens is 308 g/mol. The first kappa shape index (κ1) is 15.6.